The summed E-state index contributed by atoms with van der Waals surface area (Å²) in [7, 11) is -3.86. The lowest BCUT2D eigenvalue weighted by Crippen LogP contribution is -2.32. The molecule has 0 aromatic heterocycles. The molecule has 0 heterocycles. The molecule has 0 radical (unpaired) electrons. The van der Waals surface area contributed by atoms with Crippen molar-refractivity contribution in [2.45, 2.75) is 32.6 Å². The van der Waals surface area contributed by atoms with Crippen LogP contribution in [0.1, 0.15) is 22.3 Å². The van der Waals surface area contributed by atoms with Gasteiger partial charge in [0, 0.05) is 5.69 Å². The summed E-state index contributed by atoms with van der Waals surface area (Å²) < 4.78 is 31.8. The fourth-order valence-corrected chi connectivity index (χ4v) is 3.79. The first-order valence-electron chi connectivity index (χ1n) is 8.69. The third-order valence-corrected chi connectivity index (χ3v) is 5.83. The van der Waals surface area contributed by atoms with Crippen LogP contribution < -0.4 is 10.0 Å². The first-order chi connectivity index (χ1) is 13.1. The number of hydrogen-bond acceptors (Lipinski definition) is 5. The maximum absolute atomic E-state index is 12.4. The van der Waals surface area contributed by atoms with E-state index in [9.17, 15) is 18.0 Å². The van der Waals surface area contributed by atoms with Gasteiger partial charge in [0.15, 0.2) is 6.61 Å². The van der Waals surface area contributed by atoms with Gasteiger partial charge in [-0.25, -0.2) is 8.42 Å². The van der Waals surface area contributed by atoms with Crippen molar-refractivity contribution in [3.05, 3.63) is 58.7 Å². The Kier molecular flexibility index (Phi) is 6.93. The van der Waals surface area contributed by atoms with E-state index >= 15 is 0 Å². The maximum atomic E-state index is 12.4. The lowest BCUT2D eigenvalue weighted by Gasteiger charge is -2.11. The monoisotopic (exact) mass is 404 g/mol. The van der Waals surface area contributed by atoms with Gasteiger partial charge in [-0.1, -0.05) is 24.3 Å². The number of rotatable bonds is 7. The average molecular weight is 404 g/mol. The van der Waals surface area contributed by atoms with Crippen LogP contribution in [0, 0.1) is 27.7 Å². The highest BCUT2D eigenvalue weighted by Crippen LogP contribution is 2.18. The number of amides is 1. The van der Waals surface area contributed by atoms with Crippen molar-refractivity contribution in [2.75, 3.05) is 18.5 Å². The van der Waals surface area contributed by atoms with Crippen molar-refractivity contribution in [1.82, 2.24) is 4.72 Å². The molecule has 2 aromatic carbocycles. The van der Waals surface area contributed by atoms with E-state index in [-0.39, 0.29) is 4.90 Å². The first-order valence-corrected chi connectivity index (χ1v) is 10.2. The molecule has 7 nitrogen and oxygen atoms in total. The Morgan fingerprint density at radius 3 is 2.43 bits per heavy atom. The van der Waals surface area contributed by atoms with E-state index < -0.39 is 35.1 Å². The van der Waals surface area contributed by atoms with Gasteiger partial charge >= 0.3 is 5.97 Å². The molecule has 0 aliphatic rings. The summed E-state index contributed by atoms with van der Waals surface area (Å²) in [6, 6.07) is 10.5. The summed E-state index contributed by atoms with van der Waals surface area (Å²) in [6.45, 7) is 6.18. The van der Waals surface area contributed by atoms with E-state index in [4.69, 9.17) is 4.74 Å². The fourth-order valence-electron chi connectivity index (χ4n) is 2.50. The largest absolute Gasteiger partial charge is 0.455 e. The van der Waals surface area contributed by atoms with Gasteiger partial charge in [-0.3, -0.25) is 9.59 Å². The first kappa shape index (κ1) is 21.6. The highest BCUT2D eigenvalue weighted by atomic mass is 32.2. The highest BCUT2D eigenvalue weighted by Gasteiger charge is 2.19. The SMILES string of the molecule is Cc1ccc(C)c(S(=O)(=O)NCC(=O)OCC(=O)Nc2cccc(C)c2C)c1. The van der Waals surface area contributed by atoms with Crippen LogP contribution >= 0.6 is 0 Å². The molecule has 28 heavy (non-hydrogen) atoms. The Balaban J connectivity index is 1.88. The van der Waals surface area contributed by atoms with Crippen LogP contribution in [0.15, 0.2) is 41.3 Å². The molecule has 1 amide bonds. The Bertz CT molecular complexity index is 1000. The number of nitrogens with one attached hydrogen (secondary N) is 2. The fraction of sp³-hybridized carbons (Fsp3) is 0.300. The minimum absolute atomic E-state index is 0.105. The van der Waals surface area contributed by atoms with Crippen LogP contribution in [0.3, 0.4) is 0 Å². The number of ether oxygens (including phenoxy) is 1. The molecular formula is C20H24N2O5S. The molecule has 0 saturated heterocycles. The molecule has 0 aliphatic heterocycles. The number of anilines is 1. The van der Waals surface area contributed by atoms with Gasteiger partial charge < -0.3 is 10.1 Å². The molecule has 0 fully saturated rings. The van der Waals surface area contributed by atoms with Crippen LogP contribution in [0.4, 0.5) is 5.69 Å². The molecule has 0 aliphatic carbocycles. The molecular weight excluding hydrogens is 380 g/mol. The number of carbonyl (C=O) groups excluding carboxylic acids is 2. The number of aryl methyl sites for hydroxylation is 3. The van der Waals surface area contributed by atoms with Crippen molar-refractivity contribution in [2.24, 2.45) is 0 Å². The van der Waals surface area contributed by atoms with Gasteiger partial charge in [-0.15, -0.1) is 0 Å². The van der Waals surface area contributed by atoms with Crippen LogP contribution in [0.2, 0.25) is 0 Å². The van der Waals surface area contributed by atoms with Crippen LogP contribution in [-0.2, 0) is 24.3 Å². The normalized spacial score (nSPS) is 11.1. The molecule has 0 unspecified atom stereocenters. The second kappa shape index (κ2) is 8.99. The predicted octanol–water partition coefficient (Wildman–Crippen LogP) is 2.38. The van der Waals surface area contributed by atoms with Gasteiger partial charge in [-0.2, -0.15) is 4.72 Å². The zero-order valence-electron chi connectivity index (χ0n) is 16.3. The van der Waals surface area contributed by atoms with E-state index in [1.165, 1.54) is 6.07 Å². The Morgan fingerprint density at radius 2 is 1.71 bits per heavy atom. The van der Waals surface area contributed by atoms with Crippen LogP contribution in [0.5, 0.6) is 0 Å². The zero-order valence-corrected chi connectivity index (χ0v) is 17.1. The molecule has 0 spiro atoms. The summed E-state index contributed by atoms with van der Waals surface area (Å²) in [5.74, 6) is -1.34. The molecule has 8 heteroatoms. The molecule has 0 bridgehead atoms. The number of esters is 1. The number of sulfonamides is 1. The lowest BCUT2D eigenvalue weighted by atomic mass is 10.1. The summed E-state index contributed by atoms with van der Waals surface area (Å²) in [6.07, 6.45) is 0. The second-order valence-corrected chi connectivity index (χ2v) is 8.29. The van der Waals surface area contributed by atoms with Crippen LogP contribution in [0.25, 0.3) is 0 Å². The zero-order chi connectivity index (χ0) is 20.9. The molecule has 0 atom stereocenters. The summed E-state index contributed by atoms with van der Waals surface area (Å²) >= 11 is 0. The van der Waals surface area contributed by atoms with Crippen molar-refractivity contribution in [3.63, 3.8) is 0 Å². The van der Waals surface area contributed by atoms with Crippen molar-refractivity contribution >= 4 is 27.6 Å². The van der Waals surface area contributed by atoms with Gasteiger partial charge in [-0.05, 0) is 62.1 Å². The predicted molar refractivity (Wildman–Crippen MR) is 107 cm³/mol. The average Bonchev–Trinajstić information content (AvgIpc) is 2.64. The van der Waals surface area contributed by atoms with E-state index in [2.05, 4.69) is 10.0 Å². The van der Waals surface area contributed by atoms with E-state index in [0.717, 1.165) is 16.7 Å². The molecule has 2 aromatic rings. The van der Waals surface area contributed by atoms with E-state index in [1.807, 2.05) is 26.0 Å². The summed E-state index contributed by atoms with van der Waals surface area (Å²) in [4.78, 5) is 23.9. The minimum Gasteiger partial charge on any atom is -0.455 e. The summed E-state index contributed by atoms with van der Waals surface area (Å²) in [5.41, 5.74) is 3.94. The quantitative estimate of drug-likeness (QED) is 0.690. The minimum atomic E-state index is -3.86. The van der Waals surface area contributed by atoms with E-state index in [1.54, 1.807) is 32.0 Å². The topological polar surface area (TPSA) is 102 Å². The molecule has 150 valence electrons. The Morgan fingerprint density at radius 1 is 1.00 bits per heavy atom. The standard InChI is InChI=1S/C20H24N2O5S/c1-13-8-9-15(3)18(10-13)28(25,26)21-11-20(24)27-12-19(23)22-17-7-5-6-14(2)16(17)4/h5-10,21H,11-12H2,1-4H3,(H,22,23). The Hall–Kier alpha value is -2.71. The van der Waals surface area contributed by atoms with E-state index in [0.29, 0.717) is 11.3 Å². The van der Waals surface area contributed by atoms with Gasteiger partial charge in [0.1, 0.15) is 6.54 Å². The van der Waals surface area contributed by atoms with Crippen LogP contribution in [-0.4, -0.2) is 33.4 Å². The van der Waals surface area contributed by atoms with Crippen molar-refractivity contribution < 1.29 is 22.7 Å². The number of benzene rings is 2. The molecule has 0 saturated carbocycles. The van der Waals surface area contributed by atoms with Gasteiger partial charge in [0.05, 0.1) is 4.90 Å². The van der Waals surface area contributed by atoms with Gasteiger partial charge in [0.25, 0.3) is 5.91 Å². The molecule has 2 N–H and O–H groups in total. The number of hydrogen-bond donors (Lipinski definition) is 2. The second-order valence-electron chi connectivity index (χ2n) is 6.55. The van der Waals surface area contributed by atoms with Crippen molar-refractivity contribution in [3.8, 4) is 0 Å². The third-order valence-electron chi connectivity index (χ3n) is 4.28. The lowest BCUT2D eigenvalue weighted by molar-refractivity contribution is -0.146. The maximum Gasteiger partial charge on any atom is 0.321 e. The third kappa shape index (κ3) is 5.64. The highest BCUT2D eigenvalue weighted by molar-refractivity contribution is 7.89. The van der Waals surface area contributed by atoms with Gasteiger partial charge in [0.2, 0.25) is 10.0 Å². The van der Waals surface area contributed by atoms with Crippen molar-refractivity contribution in [1.29, 1.82) is 0 Å². The molecule has 2 rings (SSSR count). The smallest absolute Gasteiger partial charge is 0.321 e. The summed E-state index contributed by atoms with van der Waals surface area (Å²) in [5, 5.41) is 2.66. The number of carbonyl (C=O) groups is 2. The Labute approximate surface area is 165 Å².